The summed E-state index contributed by atoms with van der Waals surface area (Å²) in [5, 5.41) is 8.41. The first-order valence-electron chi connectivity index (χ1n) is 2.45. The predicted octanol–water partition coefficient (Wildman–Crippen LogP) is 2.26. The van der Waals surface area contributed by atoms with Gasteiger partial charge in [-0.2, -0.15) is 0 Å². The van der Waals surface area contributed by atoms with Crippen molar-refractivity contribution in [2.45, 2.75) is 0 Å². The van der Waals surface area contributed by atoms with Crippen LogP contribution in [-0.4, -0.2) is 5.11 Å². The van der Waals surface area contributed by atoms with Crippen LogP contribution in [0.5, 0.6) is 5.75 Å². The summed E-state index contributed by atoms with van der Waals surface area (Å²) in [5.74, 6) is -4.79. The second-order valence-corrected chi connectivity index (χ2v) is 1.72. The van der Waals surface area contributed by atoms with E-state index in [2.05, 4.69) is 0 Å². The number of halogens is 3. The van der Waals surface area contributed by atoms with Gasteiger partial charge >= 0.3 is 0 Å². The second-order valence-electron chi connectivity index (χ2n) is 1.72. The van der Waals surface area contributed by atoms with Crippen molar-refractivity contribution < 1.29 is 37.8 Å². The maximum absolute atomic E-state index is 12.1. The van der Waals surface area contributed by atoms with Gasteiger partial charge in [-0.15, -0.1) is 0 Å². The van der Waals surface area contributed by atoms with Crippen LogP contribution in [0.3, 0.4) is 0 Å². The van der Waals surface area contributed by atoms with Gasteiger partial charge in [0.05, 0.1) is 0 Å². The molecule has 0 aliphatic carbocycles. The predicted molar refractivity (Wildman–Crippen MR) is 34.4 cm³/mol. The van der Waals surface area contributed by atoms with Crippen LogP contribution in [0.15, 0.2) is 12.1 Å². The minimum absolute atomic E-state index is 0. The summed E-state index contributed by atoms with van der Waals surface area (Å²) in [7, 11) is 0. The largest absolute Gasteiger partial charge is 0.503 e. The van der Waals surface area contributed by atoms with E-state index < -0.39 is 23.2 Å². The number of hydrogen-bond donors (Lipinski definition) is 1. The van der Waals surface area contributed by atoms with Crippen LogP contribution in [0.2, 0.25) is 0 Å². The topological polar surface area (TPSA) is 20.2 Å². The first-order valence-corrected chi connectivity index (χ1v) is 2.45. The van der Waals surface area contributed by atoms with E-state index in [1.54, 1.807) is 0 Å². The van der Waals surface area contributed by atoms with Gasteiger partial charge in [0.15, 0.2) is 17.4 Å². The summed E-state index contributed by atoms with van der Waals surface area (Å²) in [4.78, 5) is 0. The minimum atomic E-state index is -1.29. The van der Waals surface area contributed by atoms with Crippen LogP contribution in [0.1, 0.15) is 0 Å². The van der Waals surface area contributed by atoms with Gasteiger partial charge in [-0.3, -0.25) is 0 Å². The van der Waals surface area contributed by atoms with Crippen LogP contribution in [0.25, 0.3) is 0 Å². The number of phenolic OH excluding ortho intramolecular Hbond substituents is 1. The Bertz CT molecular complexity index is 242. The fourth-order valence-electron chi connectivity index (χ4n) is 0.535. The number of phenols is 1. The van der Waals surface area contributed by atoms with Crippen molar-refractivity contribution >= 4 is 0 Å². The molecule has 0 atom stereocenters. The molecule has 0 radical (unpaired) electrons. The van der Waals surface area contributed by atoms with E-state index in [-0.39, 0.29) is 26.9 Å². The van der Waals surface area contributed by atoms with E-state index in [0.717, 1.165) is 0 Å². The number of benzene rings is 1. The zero-order valence-electron chi connectivity index (χ0n) is 6.44. The van der Waals surface area contributed by atoms with Gasteiger partial charge < -0.3 is 12.5 Å². The molecule has 0 spiro atoms. The maximum Gasteiger partial charge on any atom is 0.187 e. The Labute approximate surface area is 81.0 Å². The Hall–Kier alpha value is -0.567. The van der Waals surface area contributed by atoms with Gasteiger partial charge in [-0.05, 0) is 0 Å². The average molecular weight is 229 g/mol. The minimum Gasteiger partial charge on any atom is -0.503 e. The van der Waals surface area contributed by atoms with Gasteiger partial charge in [0, 0.05) is 31.6 Å². The fourth-order valence-corrected chi connectivity index (χ4v) is 0.535. The Morgan fingerprint density at radius 1 is 1.00 bits per heavy atom. The van der Waals surface area contributed by atoms with Crippen LogP contribution < -0.4 is 0 Å². The standard InChI is InChI=1S/C6H3F3O.CH3.Zn/c7-3-1-4(8)6(10)5(9)2-3;;/h1-2,10H;1H3;/q;-1;. The summed E-state index contributed by atoms with van der Waals surface area (Å²) in [6.45, 7) is 0. The van der Waals surface area contributed by atoms with Gasteiger partial charge in [-0.25, -0.2) is 13.2 Å². The monoisotopic (exact) mass is 227 g/mol. The smallest absolute Gasteiger partial charge is 0.187 e. The van der Waals surface area contributed by atoms with E-state index >= 15 is 0 Å². The molecule has 0 bridgehead atoms. The Morgan fingerprint density at radius 2 is 1.33 bits per heavy atom. The van der Waals surface area contributed by atoms with Crippen molar-refractivity contribution in [2.24, 2.45) is 0 Å². The average Bonchev–Trinajstić information content (AvgIpc) is 1.82. The van der Waals surface area contributed by atoms with Crippen LogP contribution in [-0.2, 0) is 19.5 Å². The Morgan fingerprint density at radius 3 is 1.67 bits per heavy atom. The molecule has 0 unspecified atom stereocenters. The zero-order valence-corrected chi connectivity index (χ0v) is 9.41. The number of hydrogen-bond acceptors (Lipinski definition) is 1. The summed E-state index contributed by atoms with van der Waals surface area (Å²) in [6.07, 6.45) is 0. The van der Waals surface area contributed by atoms with Gasteiger partial charge in [-0.1, -0.05) is 0 Å². The summed E-state index contributed by atoms with van der Waals surface area (Å²) in [5.41, 5.74) is 0. The third kappa shape index (κ3) is 2.82. The quantitative estimate of drug-likeness (QED) is 0.533. The molecule has 0 aromatic heterocycles. The summed E-state index contributed by atoms with van der Waals surface area (Å²) in [6, 6.07) is 0.802. The molecule has 5 heteroatoms. The van der Waals surface area contributed by atoms with Crippen molar-refractivity contribution in [1.82, 2.24) is 0 Å². The molecule has 64 valence electrons. The van der Waals surface area contributed by atoms with E-state index in [9.17, 15) is 13.2 Å². The molecule has 1 aromatic rings. The fraction of sp³-hybridized carbons (Fsp3) is 0. The molecular weight excluding hydrogens is 222 g/mol. The van der Waals surface area contributed by atoms with Crippen LogP contribution >= 0.6 is 0 Å². The first-order chi connectivity index (χ1) is 4.61. The number of aromatic hydroxyl groups is 1. The molecule has 0 aliphatic heterocycles. The Kier molecular flexibility index (Phi) is 6.00. The van der Waals surface area contributed by atoms with E-state index in [4.69, 9.17) is 5.11 Å². The molecule has 0 fully saturated rings. The molecule has 12 heavy (non-hydrogen) atoms. The third-order valence-electron chi connectivity index (χ3n) is 0.982. The van der Waals surface area contributed by atoms with E-state index in [0.29, 0.717) is 12.1 Å². The molecule has 0 aliphatic rings. The van der Waals surface area contributed by atoms with Gasteiger partial charge in [0.2, 0.25) is 0 Å². The van der Waals surface area contributed by atoms with E-state index in [1.165, 1.54) is 0 Å². The third-order valence-corrected chi connectivity index (χ3v) is 0.982. The van der Waals surface area contributed by atoms with Gasteiger partial charge in [0.25, 0.3) is 0 Å². The van der Waals surface area contributed by atoms with E-state index in [1.807, 2.05) is 0 Å². The molecule has 0 saturated heterocycles. The Balaban J connectivity index is 0. The molecule has 1 N–H and O–H groups in total. The SMILES string of the molecule is Oc1c(F)cc(F)cc1F.[CH3-].[Zn]. The van der Waals surface area contributed by atoms with Crippen molar-refractivity contribution in [3.63, 3.8) is 0 Å². The normalized spacial score (nSPS) is 8.25. The van der Waals surface area contributed by atoms with Gasteiger partial charge in [0.1, 0.15) is 5.82 Å². The van der Waals surface area contributed by atoms with Crippen molar-refractivity contribution in [3.05, 3.63) is 37.0 Å². The van der Waals surface area contributed by atoms with Crippen LogP contribution in [0, 0.1) is 24.9 Å². The molecular formula is C7H6F3OZn-. The zero-order chi connectivity index (χ0) is 7.72. The molecule has 0 amide bonds. The number of rotatable bonds is 0. The van der Waals surface area contributed by atoms with Crippen molar-refractivity contribution in [1.29, 1.82) is 0 Å². The molecule has 1 rings (SSSR count). The van der Waals surface area contributed by atoms with Crippen LogP contribution in [0.4, 0.5) is 13.2 Å². The maximum atomic E-state index is 12.1. The first kappa shape index (κ1) is 14.0. The summed E-state index contributed by atoms with van der Waals surface area (Å²) < 4.78 is 36.2. The molecule has 1 nitrogen and oxygen atoms in total. The molecule has 0 heterocycles. The molecule has 0 saturated carbocycles. The van der Waals surface area contributed by atoms with Crippen molar-refractivity contribution in [2.75, 3.05) is 0 Å². The molecule has 1 aromatic carbocycles. The second kappa shape index (κ2) is 5.15. The van der Waals surface area contributed by atoms with Crippen molar-refractivity contribution in [3.8, 4) is 5.75 Å². The summed E-state index contributed by atoms with van der Waals surface area (Å²) >= 11 is 0.